The monoisotopic (exact) mass is 407 g/mol. The molecule has 1 aromatic heterocycles. The number of benzene rings is 2. The average Bonchev–Trinajstić information content (AvgIpc) is 3.13. The van der Waals surface area contributed by atoms with E-state index in [4.69, 9.17) is 4.74 Å². The lowest BCUT2D eigenvalue weighted by atomic mass is 10.0. The van der Waals surface area contributed by atoms with Crippen molar-refractivity contribution in [2.24, 2.45) is 0 Å². The number of nitrogens with zero attached hydrogens (tertiary/aromatic N) is 1. The highest BCUT2D eigenvalue weighted by molar-refractivity contribution is 8.00. The van der Waals surface area contributed by atoms with E-state index in [2.05, 4.69) is 47.5 Å². The van der Waals surface area contributed by atoms with E-state index in [0.717, 1.165) is 34.1 Å². The molecule has 0 fully saturated rings. The molecule has 2 heterocycles. The Morgan fingerprint density at radius 1 is 1.10 bits per heavy atom. The zero-order valence-corrected chi connectivity index (χ0v) is 17.6. The Balaban J connectivity index is 1.62. The van der Waals surface area contributed by atoms with E-state index < -0.39 is 0 Å². The van der Waals surface area contributed by atoms with Crippen LogP contribution in [-0.4, -0.2) is 22.9 Å². The molecule has 0 unspecified atom stereocenters. The molecule has 0 radical (unpaired) electrons. The number of anilines is 1. The number of thioether (sulfide) groups is 1. The number of amides is 1. The molecule has 0 saturated carbocycles. The van der Waals surface area contributed by atoms with Crippen LogP contribution >= 0.6 is 11.8 Å². The molecule has 2 N–H and O–H groups in total. The summed E-state index contributed by atoms with van der Waals surface area (Å²) >= 11 is 1.58. The molecule has 2 aromatic carbocycles. The van der Waals surface area contributed by atoms with Gasteiger partial charge in [0.05, 0.1) is 18.2 Å². The van der Waals surface area contributed by atoms with Crippen LogP contribution in [0.4, 0.5) is 5.69 Å². The summed E-state index contributed by atoms with van der Waals surface area (Å²) in [7, 11) is 1.65. The van der Waals surface area contributed by atoms with Crippen LogP contribution in [0.1, 0.15) is 29.8 Å². The van der Waals surface area contributed by atoms with Crippen molar-refractivity contribution >= 4 is 23.4 Å². The maximum Gasteiger partial charge on any atom is 0.240 e. The first-order valence-corrected chi connectivity index (χ1v) is 10.6. The SMILES string of the molecule is CCc1ccc(NC(=O)[C@@H]2Sc3ccc(C)n3N[C@H]2c2ccc(OC)cc2)cc1. The highest BCUT2D eigenvalue weighted by atomic mass is 32.2. The standard InChI is InChI=1S/C23H25N3O2S/c1-4-16-6-10-18(11-7-16)24-23(27)22-21(17-8-12-19(28-3)13-9-17)25-26-15(2)5-14-20(26)29-22/h5-14,21-22,25H,4H2,1-3H3,(H,24,27)/t21-,22+/m0/s1. The van der Waals surface area contributed by atoms with E-state index in [0.29, 0.717) is 0 Å². The smallest absolute Gasteiger partial charge is 0.240 e. The molecule has 4 rings (SSSR count). The van der Waals surface area contributed by atoms with Crippen molar-refractivity contribution in [1.29, 1.82) is 0 Å². The third kappa shape index (κ3) is 3.98. The van der Waals surface area contributed by atoms with Gasteiger partial charge in [-0.2, -0.15) is 0 Å². The van der Waals surface area contributed by atoms with Gasteiger partial charge in [-0.05, 0) is 60.9 Å². The third-order valence-electron chi connectivity index (χ3n) is 5.22. The summed E-state index contributed by atoms with van der Waals surface area (Å²) in [6, 6.07) is 19.9. The van der Waals surface area contributed by atoms with Crippen LogP contribution in [0.25, 0.3) is 0 Å². The zero-order valence-electron chi connectivity index (χ0n) is 16.8. The molecule has 3 aromatic rings. The normalized spacial score (nSPS) is 17.9. The zero-order chi connectivity index (χ0) is 20.4. The number of aryl methyl sites for hydroxylation is 2. The van der Waals surface area contributed by atoms with Crippen LogP contribution in [0.5, 0.6) is 5.75 Å². The second kappa shape index (κ2) is 8.25. The predicted octanol–water partition coefficient (Wildman–Crippen LogP) is 4.77. The molecular weight excluding hydrogens is 382 g/mol. The lowest BCUT2D eigenvalue weighted by Gasteiger charge is -2.34. The van der Waals surface area contributed by atoms with Crippen LogP contribution < -0.4 is 15.5 Å². The highest BCUT2D eigenvalue weighted by Crippen LogP contribution is 2.39. The van der Waals surface area contributed by atoms with Crippen molar-refractivity contribution in [2.75, 3.05) is 17.9 Å². The number of carbonyl (C=O) groups is 1. The fourth-order valence-electron chi connectivity index (χ4n) is 3.48. The van der Waals surface area contributed by atoms with Gasteiger partial charge in [0.25, 0.3) is 0 Å². The van der Waals surface area contributed by atoms with E-state index in [1.54, 1.807) is 18.9 Å². The second-order valence-corrected chi connectivity index (χ2v) is 8.27. The van der Waals surface area contributed by atoms with Crippen LogP contribution in [0.2, 0.25) is 0 Å². The maximum atomic E-state index is 13.2. The van der Waals surface area contributed by atoms with E-state index in [1.165, 1.54) is 5.56 Å². The van der Waals surface area contributed by atoms with E-state index in [1.807, 2.05) is 42.5 Å². The van der Waals surface area contributed by atoms with E-state index in [-0.39, 0.29) is 17.2 Å². The molecule has 6 heteroatoms. The lowest BCUT2D eigenvalue weighted by molar-refractivity contribution is -0.116. The fraction of sp³-hybridized carbons (Fsp3) is 0.261. The summed E-state index contributed by atoms with van der Waals surface area (Å²) in [5, 5.41) is 3.82. The molecule has 0 saturated heterocycles. The van der Waals surface area contributed by atoms with Crippen molar-refractivity contribution in [3.05, 3.63) is 77.5 Å². The van der Waals surface area contributed by atoms with Gasteiger partial charge < -0.3 is 15.5 Å². The van der Waals surface area contributed by atoms with Gasteiger partial charge in [-0.1, -0.05) is 43.0 Å². The largest absolute Gasteiger partial charge is 0.497 e. The number of ether oxygens (including phenoxy) is 1. The van der Waals surface area contributed by atoms with Crippen LogP contribution in [0.3, 0.4) is 0 Å². The van der Waals surface area contributed by atoms with Crippen molar-refractivity contribution in [3.8, 4) is 5.75 Å². The Labute approximate surface area is 175 Å². The van der Waals surface area contributed by atoms with Crippen molar-refractivity contribution in [1.82, 2.24) is 4.68 Å². The summed E-state index contributed by atoms with van der Waals surface area (Å²) in [6.45, 7) is 4.17. The summed E-state index contributed by atoms with van der Waals surface area (Å²) < 4.78 is 7.34. The van der Waals surface area contributed by atoms with Gasteiger partial charge in [-0.15, -0.1) is 0 Å². The molecule has 29 heavy (non-hydrogen) atoms. The predicted molar refractivity (Wildman–Crippen MR) is 118 cm³/mol. The number of fused-ring (bicyclic) bond motifs is 1. The number of nitrogens with one attached hydrogen (secondary N) is 2. The number of carbonyl (C=O) groups excluding carboxylic acids is 1. The van der Waals surface area contributed by atoms with Gasteiger partial charge in [0.1, 0.15) is 11.0 Å². The lowest BCUT2D eigenvalue weighted by Crippen LogP contribution is -2.41. The minimum Gasteiger partial charge on any atom is -0.497 e. The molecule has 1 amide bonds. The number of rotatable bonds is 5. The van der Waals surface area contributed by atoms with E-state index in [9.17, 15) is 4.79 Å². The second-order valence-electron chi connectivity index (χ2n) is 7.11. The molecule has 0 aliphatic carbocycles. The Morgan fingerprint density at radius 2 is 1.83 bits per heavy atom. The first-order chi connectivity index (χ1) is 14.1. The molecule has 1 aliphatic heterocycles. The van der Waals surface area contributed by atoms with Crippen molar-refractivity contribution in [2.45, 2.75) is 36.6 Å². The fourth-order valence-corrected chi connectivity index (χ4v) is 4.71. The maximum absolute atomic E-state index is 13.2. The van der Waals surface area contributed by atoms with Crippen LogP contribution in [0.15, 0.2) is 65.7 Å². The summed E-state index contributed by atoms with van der Waals surface area (Å²) in [5.74, 6) is 0.782. The van der Waals surface area contributed by atoms with Crippen LogP contribution in [0, 0.1) is 6.92 Å². The Bertz CT molecular complexity index is 996. The van der Waals surface area contributed by atoms with Gasteiger partial charge in [-0.3, -0.25) is 9.47 Å². The Kier molecular flexibility index (Phi) is 5.53. The summed E-state index contributed by atoms with van der Waals surface area (Å²) in [4.78, 5) is 13.2. The molecule has 1 aliphatic rings. The first-order valence-electron chi connectivity index (χ1n) is 9.74. The van der Waals surface area contributed by atoms with Crippen LogP contribution in [-0.2, 0) is 11.2 Å². The number of aromatic nitrogens is 1. The summed E-state index contributed by atoms with van der Waals surface area (Å²) in [5.41, 5.74) is 7.75. The van der Waals surface area contributed by atoms with Crippen molar-refractivity contribution < 1.29 is 9.53 Å². The molecule has 5 nitrogen and oxygen atoms in total. The van der Waals surface area contributed by atoms with Gasteiger partial charge >= 0.3 is 0 Å². The molecule has 150 valence electrons. The van der Waals surface area contributed by atoms with Gasteiger partial charge in [0.2, 0.25) is 5.91 Å². The minimum absolute atomic E-state index is 0.0160. The van der Waals surface area contributed by atoms with E-state index >= 15 is 0 Å². The summed E-state index contributed by atoms with van der Waals surface area (Å²) in [6.07, 6.45) is 0.979. The topological polar surface area (TPSA) is 55.3 Å². The van der Waals surface area contributed by atoms with Gasteiger partial charge in [0.15, 0.2) is 0 Å². The third-order valence-corrected chi connectivity index (χ3v) is 6.52. The highest BCUT2D eigenvalue weighted by Gasteiger charge is 2.36. The Hall–Kier alpha value is -2.86. The Morgan fingerprint density at radius 3 is 2.48 bits per heavy atom. The number of hydrogen-bond acceptors (Lipinski definition) is 4. The number of hydrogen-bond donors (Lipinski definition) is 2. The quantitative estimate of drug-likeness (QED) is 0.640. The number of methoxy groups -OCH3 is 1. The molecule has 0 bridgehead atoms. The molecule has 2 atom stereocenters. The van der Waals surface area contributed by atoms with Crippen molar-refractivity contribution in [3.63, 3.8) is 0 Å². The van der Waals surface area contributed by atoms with Gasteiger partial charge in [-0.25, -0.2) is 0 Å². The van der Waals surface area contributed by atoms with Gasteiger partial charge in [0, 0.05) is 11.4 Å². The minimum atomic E-state index is -0.309. The average molecular weight is 408 g/mol. The molecular formula is C23H25N3O2S. The molecule has 0 spiro atoms. The first kappa shape index (κ1) is 19.5.